The minimum absolute atomic E-state index is 0.142. The van der Waals surface area contributed by atoms with Gasteiger partial charge in [0.15, 0.2) is 0 Å². The van der Waals surface area contributed by atoms with Gasteiger partial charge in [0.2, 0.25) is 0 Å². The number of carbonyl (C=O) groups is 1. The molecule has 6 nitrogen and oxygen atoms in total. The maximum absolute atomic E-state index is 12.2. The fourth-order valence-electron chi connectivity index (χ4n) is 3.53. The third-order valence-corrected chi connectivity index (χ3v) is 5.48. The van der Waals surface area contributed by atoms with Gasteiger partial charge in [0.1, 0.15) is 22.5 Å². The maximum atomic E-state index is 12.2. The number of hydrogen-bond acceptors (Lipinski definition) is 5. The first kappa shape index (κ1) is 25.7. The molecule has 7 heteroatoms. The number of halogens is 1. The predicted octanol–water partition coefficient (Wildman–Crippen LogP) is 5.98. The van der Waals surface area contributed by atoms with Crippen molar-refractivity contribution in [2.45, 2.75) is 59.3 Å². The van der Waals surface area contributed by atoms with Gasteiger partial charge in [0.05, 0.1) is 6.61 Å². The first-order chi connectivity index (χ1) is 15.5. The van der Waals surface area contributed by atoms with Gasteiger partial charge < -0.3 is 9.84 Å². The number of hydrogen-bond donors (Lipinski definition) is 1. The summed E-state index contributed by atoms with van der Waals surface area (Å²) in [5, 5.41) is 19.4. The second-order valence-corrected chi connectivity index (χ2v) is 7.86. The lowest BCUT2D eigenvalue weighted by Gasteiger charge is -2.15. The van der Waals surface area contributed by atoms with Crippen LogP contribution in [0.1, 0.15) is 57.1 Å². The van der Waals surface area contributed by atoms with Crippen molar-refractivity contribution in [2.24, 2.45) is 5.92 Å². The average molecular weight is 460 g/mol. The highest BCUT2D eigenvalue weighted by Crippen LogP contribution is 2.28. The lowest BCUT2D eigenvalue weighted by atomic mass is 10.0. The Morgan fingerprint density at radius 2 is 1.81 bits per heavy atom. The number of nitrogens with zero attached hydrogens (tertiary/aromatic N) is 3. The first-order valence-electron chi connectivity index (χ1n) is 11.2. The summed E-state index contributed by atoms with van der Waals surface area (Å²) in [5.74, 6) is 0.403. The van der Waals surface area contributed by atoms with E-state index in [2.05, 4.69) is 35.6 Å². The molecule has 0 bridgehead atoms. The molecule has 1 unspecified atom stereocenters. The molecule has 0 radical (unpaired) electrons. The number of phenols is 1. The second-order valence-electron chi connectivity index (χ2n) is 7.86. The topological polar surface area (TPSA) is 77.2 Å². The number of carbonyl (C=O) groups excluding carboxylic acids is 1. The molecule has 1 atom stereocenters. The molecule has 1 aromatic heterocycles. The van der Waals surface area contributed by atoms with Gasteiger partial charge in [-0.25, -0.2) is 0 Å². The van der Waals surface area contributed by atoms with Gasteiger partial charge in [-0.15, -0.1) is 26.6 Å². The van der Waals surface area contributed by atoms with Gasteiger partial charge in [-0.3, -0.25) is 4.79 Å². The molecule has 0 aliphatic rings. The fourth-order valence-corrected chi connectivity index (χ4v) is 3.53. The molecular formula is C25H34ClN3O3. The number of ether oxygens (including phenoxy) is 1. The summed E-state index contributed by atoms with van der Waals surface area (Å²) in [6.07, 6.45) is 6.78. The minimum atomic E-state index is -0.180. The second kappa shape index (κ2) is 13.1. The normalized spacial score (nSPS) is 11.7. The van der Waals surface area contributed by atoms with E-state index in [9.17, 15) is 9.90 Å². The number of rotatable bonds is 10. The predicted molar refractivity (Wildman–Crippen MR) is 130 cm³/mol. The number of esters is 1. The zero-order valence-electron chi connectivity index (χ0n) is 19.5. The van der Waals surface area contributed by atoms with Crippen molar-refractivity contribution in [2.75, 3.05) is 13.0 Å². The zero-order valence-corrected chi connectivity index (χ0v) is 20.2. The number of fused-ring (bicyclic) bond motifs is 1. The van der Waals surface area contributed by atoms with Crippen LogP contribution >= 0.6 is 11.6 Å². The molecule has 0 saturated carbocycles. The van der Waals surface area contributed by atoms with Crippen molar-refractivity contribution in [1.82, 2.24) is 15.0 Å². The number of aromatic hydroxyl groups is 1. The molecule has 1 N–H and O–H groups in total. The van der Waals surface area contributed by atoms with Gasteiger partial charge in [-0.2, -0.15) is 0 Å². The van der Waals surface area contributed by atoms with E-state index < -0.39 is 0 Å². The van der Waals surface area contributed by atoms with E-state index in [1.54, 1.807) is 0 Å². The van der Waals surface area contributed by atoms with Gasteiger partial charge in [-0.05, 0) is 55.0 Å². The van der Waals surface area contributed by atoms with Gasteiger partial charge in [0.25, 0.3) is 0 Å². The van der Waals surface area contributed by atoms with Crippen molar-refractivity contribution in [3.05, 3.63) is 47.5 Å². The van der Waals surface area contributed by atoms with Gasteiger partial charge >= 0.3 is 5.97 Å². The quantitative estimate of drug-likeness (QED) is 0.298. The van der Waals surface area contributed by atoms with E-state index in [-0.39, 0.29) is 11.7 Å². The Kier molecular flexibility index (Phi) is 10.5. The summed E-state index contributed by atoms with van der Waals surface area (Å²) in [6.45, 7) is 6.65. The van der Waals surface area contributed by atoms with Crippen LogP contribution in [0, 0.1) is 12.8 Å². The van der Waals surface area contributed by atoms with Crippen LogP contribution in [0.4, 0.5) is 0 Å². The third kappa shape index (κ3) is 6.95. The van der Waals surface area contributed by atoms with Crippen molar-refractivity contribution >= 4 is 28.6 Å². The Balaban J connectivity index is 0.00000176. The molecule has 3 aromatic rings. The van der Waals surface area contributed by atoms with Crippen molar-refractivity contribution in [3.63, 3.8) is 0 Å². The molecule has 0 amide bonds. The van der Waals surface area contributed by atoms with Crippen LogP contribution in [-0.2, 0) is 16.0 Å². The molecule has 2 aromatic carbocycles. The third-order valence-electron chi connectivity index (χ3n) is 5.48. The van der Waals surface area contributed by atoms with Crippen LogP contribution in [-0.4, -0.2) is 39.1 Å². The SMILES string of the molecule is CCCCC(CC)COC(=O)CCc1cc(C)c(O)c(-n2nc3ccccc3n2)c1.CCl. The monoisotopic (exact) mass is 459 g/mol. The number of aryl methyl sites for hydroxylation is 2. The van der Waals surface area contributed by atoms with Crippen molar-refractivity contribution < 1.29 is 14.6 Å². The van der Waals surface area contributed by atoms with E-state index in [4.69, 9.17) is 4.74 Å². The van der Waals surface area contributed by atoms with Crippen LogP contribution in [0.2, 0.25) is 0 Å². The lowest BCUT2D eigenvalue weighted by molar-refractivity contribution is -0.145. The van der Waals surface area contributed by atoms with E-state index in [1.807, 2.05) is 43.3 Å². The number of alkyl halides is 1. The highest BCUT2D eigenvalue weighted by Gasteiger charge is 2.14. The van der Waals surface area contributed by atoms with Crippen molar-refractivity contribution in [3.8, 4) is 11.4 Å². The highest BCUT2D eigenvalue weighted by molar-refractivity contribution is 6.15. The van der Waals surface area contributed by atoms with Crippen LogP contribution < -0.4 is 0 Å². The summed E-state index contributed by atoms with van der Waals surface area (Å²) in [5.41, 5.74) is 3.70. The lowest BCUT2D eigenvalue weighted by Crippen LogP contribution is -2.14. The Morgan fingerprint density at radius 1 is 1.16 bits per heavy atom. The van der Waals surface area contributed by atoms with E-state index >= 15 is 0 Å². The zero-order chi connectivity index (χ0) is 23.5. The summed E-state index contributed by atoms with van der Waals surface area (Å²) in [4.78, 5) is 13.7. The average Bonchev–Trinajstić information content (AvgIpc) is 3.25. The fraction of sp³-hybridized carbons (Fsp3) is 0.480. The number of unbranched alkanes of at least 4 members (excludes halogenated alkanes) is 1. The summed E-state index contributed by atoms with van der Waals surface area (Å²) >= 11 is 4.64. The largest absolute Gasteiger partial charge is 0.505 e. The number of aromatic nitrogens is 3. The molecule has 174 valence electrons. The smallest absolute Gasteiger partial charge is 0.306 e. The van der Waals surface area contributed by atoms with Crippen LogP contribution in [0.3, 0.4) is 0 Å². The number of benzene rings is 2. The van der Waals surface area contributed by atoms with Gasteiger partial charge in [0, 0.05) is 12.8 Å². The molecule has 32 heavy (non-hydrogen) atoms. The standard InChI is InChI=1S/C24H31N3O3.CH3Cl/c1-4-6-9-18(5-2)16-30-23(28)13-12-19-14-17(3)24(29)22(15-19)27-25-20-10-7-8-11-21(20)26-27;1-2/h7-8,10-11,14-15,18,29H,4-6,9,12-13,16H2,1-3H3;1H3. The molecular weight excluding hydrogens is 426 g/mol. The summed E-state index contributed by atoms with van der Waals surface area (Å²) in [6, 6.07) is 11.3. The van der Waals surface area contributed by atoms with Crippen LogP contribution in [0.25, 0.3) is 16.7 Å². The molecule has 0 aliphatic carbocycles. The Morgan fingerprint density at radius 3 is 2.41 bits per heavy atom. The van der Waals surface area contributed by atoms with E-state index in [0.717, 1.165) is 41.4 Å². The summed E-state index contributed by atoms with van der Waals surface area (Å²) < 4.78 is 5.50. The summed E-state index contributed by atoms with van der Waals surface area (Å²) in [7, 11) is 0. The molecule has 1 heterocycles. The van der Waals surface area contributed by atoms with Crippen LogP contribution in [0.15, 0.2) is 36.4 Å². The minimum Gasteiger partial charge on any atom is -0.505 e. The van der Waals surface area contributed by atoms with Gasteiger partial charge in [-0.1, -0.05) is 51.3 Å². The molecule has 0 aliphatic heterocycles. The first-order valence-corrected chi connectivity index (χ1v) is 12.0. The van der Waals surface area contributed by atoms with Crippen LogP contribution in [0.5, 0.6) is 5.75 Å². The van der Waals surface area contributed by atoms with E-state index in [0.29, 0.717) is 31.1 Å². The molecule has 0 spiro atoms. The highest BCUT2D eigenvalue weighted by atomic mass is 35.5. The Hall–Kier alpha value is -2.60. The molecule has 0 saturated heterocycles. The Bertz CT molecular complexity index is 970. The maximum Gasteiger partial charge on any atom is 0.306 e. The Labute approximate surface area is 195 Å². The number of phenolic OH excluding ortho intramolecular Hbond substituents is 1. The molecule has 0 fully saturated rings. The van der Waals surface area contributed by atoms with Crippen molar-refractivity contribution in [1.29, 1.82) is 0 Å². The van der Waals surface area contributed by atoms with E-state index in [1.165, 1.54) is 17.6 Å². The molecule has 3 rings (SSSR count).